The molecule has 0 saturated carbocycles. The topological polar surface area (TPSA) is 157 Å². The van der Waals surface area contributed by atoms with Gasteiger partial charge in [0.05, 0.1) is 6.61 Å². The Morgan fingerprint density at radius 1 is 1.09 bits per heavy atom. The van der Waals surface area contributed by atoms with Crippen LogP contribution in [0.15, 0.2) is 57.1 Å². The van der Waals surface area contributed by atoms with E-state index < -0.39 is 28.8 Å². The lowest BCUT2D eigenvalue weighted by Crippen LogP contribution is -2.21. The molecule has 0 saturated heterocycles. The van der Waals surface area contributed by atoms with E-state index in [1.807, 2.05) is 4.98 Å². The minimum Gasteiger partial charge on any atom is -0.466 e. The van der Waals surface area contributed by atoms with Crippen molar-refractivity contribution in [2.24, 2.45) is 0 Å². The van der Waals surface area contributed by atoms with Gasteiger partial charge in [0.25, 0.3) is 5.56 Å². The molecule has 0 unspecified atom stereocenters. The number of alkyl halides is 3. The monoisotopic (exact) mass is 470 g/mol. The van der Waals surface area contributed by atoms with E-state index in [0.29, 0.717) is 18.5 Å². The van der Waals surface area contributed by atoms with Gasteiger partial charge in [-0.3, -0.25) is 28.4 Å². The summed E-state index contributed by atoms with van der Waals surface area (Å²) < 4.78 is 42.4. The molecule has 0 aliphatic carbocycles. The average molecular weight is 470 g/mol. The molecule has 178 valence electrons. The van der Waals surface area contributed by atoms with Gasteiger partial charge < -0.3 is 20.4 Å². The third kappa shape index (κ3) is 9.67. The zero-order valence-corrected chi connectivity index (χ0v) is 17.6. The summed E-state index contributed by atoms with van der Waals surface area (Å²) in [5.74, 6) is -0.198. The summed E-state index contributed by atoms with van der Waals surface area (Å²) in [6.45, 7) is 3.40. The predicted octanol–water partition coefficient (Wildman–Crippen LogP) is 1.49. The third-order valence-electron chi connectivity index (χ3n) is 3.49. The highest BCUT2D eigenvalue weighted by Crippen LogP contribution is 2.26. The number of nitrogen functional groups attached to an aromatic ring is 1. The minimum atomic E-state index is -4.65. The molecule has 10 nitrogen and oxygen atoms in total. The van der Waals surface area contributed by atoms with Crippen LogP contribution in [0.2, 0.25) is 0 Å². The van der Waals surface area contributed by atoms with Crippen LogP contribution in [-0.4, -0.2) is 32.7 Å². The van der Waals surface area contributed by atoms with E-state index in [9.17, 15) is 37.1 Å². The number of esters is 1. The number of Topliss-reactive ketones (excluding diaryl/α,β-unsaturated/α-hetero) is 1. The van der Waals surface area contributed by atoms with Crippen LogP contribution >= 0.6 is 0 Å². The number of carbonyl (C=O) groups excluding carboxylic acids is 2. The van der Waals surface area contributed by atoms with Crippen LogP contribution < -0.4 is 22.2 Å². The number of carbonyl (C=O) groups is 2. The largest absolute Gasteiger partial charge is 0.466 e. The molecule has 3 aromatic heterocycles. The van der Waals surface area contributed by atoms with Crippen molar-refractivity contribution in [1.82, 2.24) is 14.4 Å². The Bertz CT molecular complexity index is 1280. The molecular weight excluding hydrogens is 449 g/mol. The van der Waals surface area contributed by atoms with E-state index in [4.69, 9.17) is 5.73 Å². The number of rotatable bonds is 3. The number of nitrogens with two attached hydrogens (primary N) is 1. The quantitative estimate of drug-likeness (QED) is 0.387. The second-order valence-electron chi connectivity index (χ2n) is 6.30. The average Bonchev–Trinajstić information content (AvgIpc) is 2.67. The summed E-state index contributed by atoms with van der Waals surface area (Å²) in [6.07, 6.45) is -2.12. The Morgan fingerprint density at radius 2 is 1.73 bits per heavy atom. The number of aromatic amines is 2. The number of anilines is 1. The first-order valence-corrected chi connectivity index (χ1v) is 9.25. The van der Waals surface area contributed by atoms with Gasteiger partial charge >= 0.3 is 12.1 Å². The molecule has 0 radical (unpaired) electrons. The highest BCUT2D eigenvalue weighted by Gasteiger charge is 2.32. The van der Waals surface area contributed by atoms with Crippen LogP contribution in [0, 0.1) is 0 Å². The Balaban J connectivity index is 0.000000273. The highest BCUT2D eigenvalue weighted by atomic mass is 19.4. The first kappa shape index (κ1) is 26.9. The van der Waals surface area contributed by atoms with Gasteiger partial charge in [-0.05, 0) is 13.8 Å². The number of H-pyrrole nitrogens is 2. The summed E-state index contributed by atoms with van der Waals surface area (Å²) >= 11 is 0. The Labute approximate surface area is 183 Å². The lowest BCUT2D eigenvalue weighted by Gasteiger charge is -2.07. The van der Waals surface area contributed by atoms with E-state index in [1.165, 1.54) is 25.3 Å². The third-order valence-corrected chi connectivity index (χ3v) is 3.49. The molecule has 0 amide bonds. The molecule has 3 rings (SSSR count). The van der Waals surface area contributed by atoms with Gasteiger partial charge in [-0.1, -0.05) is 0 Å². The van der Waals surface area contributed by atoms with Crippen molar-refractivity contribution < 1.29 is 27.5 Å². The molecule has 13 heteroatoms. The van der Waals surface area contributed by atoms with E-state index in [-0.39, 0.29) is 23.3 Å². The maximum absolute atomic E-state index is 12.3. The molecule has 4 N–H and O–H groups in total. The van der Waals surface area contributed by atoms with Crippen molar-refractivity contribution in [3.63, 3.8) is 0 Å². The molecule has 0 bridgehead atoms. The summed E-state index contributed by atoms with van der Waals surface area (Å²) in [5.41, 5.74) is 2.45. The number of aromatic nitrogens is 3. The standard InChI is InChI=1S/C9H5F3N2O2.C6H10O3.C5H6N2O/c10-9(11,12)6-4-8(16)14-2-1-5(15)3-7(14)13-6;1-3-9-6(8)4-5(2)7;6-5-3-4(8)1-2-7-5/h1-4,13H;3-4H2,1-2H3;1-3H,(H3,6,7,8). The van der Waals surface area contributed by atoms with Gasteiger partial charge in [-0.15, -0.1) is 0 Å². The van der Waals surface area contributed by atoms with Crippen molar-refractivity contribution in [3.8, 4) is 0 Å². The van der Waals surface area contributed by atoms with Crippen molar-refractivity contribution >= 4 is 23.2 Å². The van der Waals surface area contributed by atoms with E-state index in [0.717, 1.165) is 22.7 Å². The van der Waals surface area contributed by atoms with Crippen LogP contribution in [0.4, 0.5) is 19.0 Å². The SMILES string of the molecule is CCOC(=O)CC(C)=O.Nc1cc(=O)cc[nH]1.O=c1ccn2c(=O)cc(C(F)(F)F)[nH]c2c1. The Hall–Kier alpha value is -4.16. The zero-order chi connectivity index (χ0) is 25.2. The summed E-state index contributed by atoms with van der Waals surface area (Å²) in [5, 5.41) is 0. The first-order valence-electron chi connectivity index (χ1n) is 9.25. The molecule has 3 heterocycles. The Morgan fingerprint density at radius 3 is 2.21 bits per heavy atom. The van der Waals surface area contributed by atoms with Gasteiger partial charge in [0, 0.05) is 42.7 Å². The molecule has 0 spiro atoms. The number of ether oxygens (including phenoxy) is 1. The number of ketones is 1. The van der Waals surface area contributed by atoms with Gasteiger partial charge in [-0.25, -0.2) is 0 Å². The highest BCUT2D eigenvalue weighted by molar-refractivity contribution is 5.94. The van der Waals surface area contributed by atoms with Crippen LogP contribution in [-0.2, 0) is 20.5 Å². The normalized spacial score (nSPS) is 10.3. The fourth-order valence-electron chi connectivity index (χ4n) is 2.17. The number of hydrogen-bond acceptors (Lipinski definition) is 7. The van der Waals surface area contributed by atoms with Gasteiger partial charge in [0.1, 0.15) is 29.4 Å². The van der Waals surface area contributed by atoms with Crippen molar-refractivity contribution in [3.05, 3.63) is 79.2 Å². The van der Waals surface area contributed by atoms with Crippen LogP contribution in [0.25, 0.3) is 5.65 Å². The van der Waals surface area contributed by atoms with Crippen LogP contribution in [0.1, 0.15) is 26.0 Å². The molecule has 0 atom stereocenters. The van der Waals surface area contributed by atoms with E-state index >= 15 is 0 Å². The molecule has 33 heavy (non-hydrogen) atoms. The number of fused-ring (bicyclic) bond motifs is 1. The second-order valence-corrected chi connectivity index (χ2v) is 6.30. The van der Waals surface area contributed by atoms with Gasteiger partial charge in [0.2, 0.25) is 0 Å². The van der Waals surface area contributed by atoms with Crippen molar-refractivity contribution in [1.29, 1.82) is 0 Å². The maximum atomic E-state index is 12.3. The molecule has 0 aromatic carbocycles. The number of halogens is 3. The maximum Gasteiger partial charge on any atom is 0.431 e. The number of hydrogen-bond donors (Lipinski definition) is 3. The minimum absolute atomic E-state index is 0.0683. The van der Waals surface area contributed by atoms with E-state index in [2.05, 4.69) is 9.72 Å². The molecular formula is C20H21F3N4O6. The van der Waals surface area contributed by atoms with Gasteiger partial charge in [-0.2, -0.15) is 13.2 Å². The molecule has 0 aliphatic rings. The summed E-state index contributed by atoms with van der Waals surface area (Å²) in [7, 11) is 0. The van der Waals surface area contributed by atoms with Crippen LogP contribution in [0.3, 0.4) is 0 Å². The molecule has 3 aromatic rings. The lowest BCUT2D eigenvalue weighted by atomic mass is 10.3. The molecule has 0 fully saturated rings. The predicted molar refractivity (Wildman–Crippen MR) is 113 cm³/mol. The number of pyridine rings is 2. The lowest BCUT2D eigenvalue weighted by molar-refractivity contribution is -0.145. The number of nitrogens with zero attached hydrogens (tertiary/aromatic N) is 1. The number of nitrogens with one attached hydrogen (secondary N) is 2. The summed E-state index contributed by atoms with van der Waals surface area (Å²) in [6, 6.07) is 5.21. The first-order chi connectivity index (χ1) is 15.3. The van der Waals surface area contributed by atoms with Crippen LogP contribution in [0.5, 0.6) is 0 Å². The summed E-state index contributed by atoms with van der Waals surface area (Å²) in [4.78, 5) is 57.9. The van der Waals surface area contributed by atoms with Crippen molar-refractivity contribution in [2.75, 3.05) is 12.3 Å². The van der Waals surface area contributed by atoms with Gasteiger partial charge in [0.15, 0.2) is 10.9 Å². The molecule has 0 aliphatic heterocycles. The van der Waals surface area contributed by atoms with Crippen molar-refractivity contribution in [2.45, 2.75) is 26.4 Å². The second kappa shape index (κ2) is 12.0. The smallest absolute Gasteiger partial charge is 0.431 e. The zero-order valence-electron chi connectivity index (χ0n) is 17.6. The fraction of sp³-hybridized carbons (Fsp3) is 0.250. The fourth-order valence-corrected chi connectivity index (χ4v) is 2.17. The van der Waals surface area contributed by atoms with E-state index in [1.54, 1.807) is 6.92 Å². The Kier molecular flexibility index (Phi) is 9.79.